The fourth-order valence-corrected chi connectivity index (χ4v) is 2.39. The third kappa shape index (κ3) is 3.71. The molecule has 0 aliphatic heterocycles. The Morgan fingerprint density at radius 1 is 1.45 bits per heavy atom. The third-order valence-electron chi connectivity index (χ3n) is 2.59. The van der Waals surface area contributed by atoms with Gasteiger partial charge < -0.3 is 4.74 Å². The molecule has 0 aliphatic carbocycles. The molecule has 0 atom stereocenters. The maximum atomic E-state index is 13.6. The first-order chi connectivity index (χ1) is 9.36. The number of benzene rings is 1. The zero-order valence-corrected chi connectivity index (χ0v) is 12.2. The molecule has 0 amide bonds. The number of halogens is 2. The Hall–Kier alpha value is -1.60. The molecule has 0 saturated carbocycles. The predicted octanol–water partition coefficient (Wildman–Crippen LogP) is 2.11. The SMILES string of the molecule is Cn1cc(CCOc2ccc(S(=O)(=O)Cl)cc2F)cn1. The van der Waals surface area contributed by atoms with Crippen LogP contribution in [0.3, 0.4) is 0 Å². The highest BCUT2D eigenvalue weighted by atomic mass is 35.7. The van der Waals surface area contributed by atoms with Gasteiger partial charge in [0, 0.05) is 30.3 Å². The van der Waals surface area contributed by atoms with E-state index >= 15 is 0 Å². The van der Waals surface area contributed by atoms with Crippen LogP contribution in [0.1, 0.15) is 5.56 Å². The number of aryl methyl sites for hydroxylation is 1. The molecule has 0 N–H and O–H groups in total. The molecule has 2 aromatic rings. The van der Waals surface area contributed by atoms with E-state index < -0.39 is 14.9 Å². The molecule has 0 unspecified atom stereocenters. The van der Waals surface area contributed by atoms with Crippen molar-refractivity contribution in [1.29, 1.82) is 0 Å². The lowest BCUT2D eigenvalue weighted by Crippen LogP contribution is -2.03. The topological polar surface area (TPSA) is 61.2 Å². The molecule has 20 heavy (non-hydrogen) atoms. The average molecular weight is 319 g/mol. The van der Waals surface area contributed by atoms with Gasteiger partial charge in [0.05, 0.1) is 17.7 Å². The summed E-state index contributed by atoms with van der Waals surface area (Å²) in [5, 5.41) is 4.00. The van der Waals surface area contributed by atoms with Gasteiger partial charge in [0.1, 0.15) is 0 Å². The number of aromatic nitrogens is 2. The van der Waals surface area contributed by atoms with Gasteiger partial charge in [0.25, 0.3) is 9.05 Å². The normalized spacial score (nSPS) is 11.6. The van der Waals surface area contributed by atoms with Crippen molar-refractivity contribution < 1.29 is 17.5 Å². The van der Waals surface area contributed by atoms with Crippen LogP contribution in [0.5, 0.6) is 5.75 Å². The summed E-state index contributed by atoms with van der Waals surface area (Å²) in [6.07, 6.45) is 4.11. The Morgan fingerprint density at radius 3 is 2.75 bits per heavy atom. The summed E-state index contributed by atoms with van der Waals surface area (Å²) in [6.45, 7) is 0.260. The maximum Gasteiger partial charge on any atom is 0.261 e. The molecule has 0 aliphatic rings. The molecule has 0 saturated heterocycles. The molecule has 0 fully saturated rings. The van der Waals surface area contributed by atoms with Gasteiger partial charge in [-0.15, -0.1) is 0 Å². The minimum atomic E-state index is -3.94. The predicted molar refractivity (Wildman–Crippen MR) is 71.8 cm³/mol. The van der Waals surface area contributed by atoms with Gasteiger partial charge in [0.15, 0.2) is 11.6 Å². The smallest absolute Gasteiger partial charge is 0.261 e. The van der Waals surface area contributed by atoms with Gasteiger partial charge in [-0.1, -0.05) is 0 Å². The first-order valence-electron chi connectivity index (χ1n) is 5.71. The highest BCUT2D eigenvalue weighted by Gasteiger charge is 2.13. The Morgan fingerprint density at radius 2 is 2.20 bits per heavy atom. The van der Waals surface area contributed by atoms with Crippen molar-refractivity contribution in [2.45, 2.75) is 11.3 Å². The van der Waals surface area contributed by atoms with Crippen LogP contribution in [0.2, 0.25) is 0 Å². The van der Waals surface area contributed by atoms with E-state index in [9.17, 15) is 12.8 Å². The second kappa shape index (κ2) is 5.80. The van der Waals surface area contributed by atoms with Crippen LogP contribution in [0, 0.1) is 5.82 Å². The van der Waals surface area contributed by atoms with Crippen LogP contribution in [0.25, 0.3) is 0 Å². The molecule has 0 radical (unpaired) electrons. The maximum absolute atomic E-state index is 13.6. The molecule has 2 rings (SSSR count). The van der Waals surface area contributed by atoms with Crippen molar-refractivity contribution in [3.63, 3.8) is 0 Å². The molecule has 1 aromatic heterocycles. The summed E-state index contributed by atoms with van der Waals surface area (Å²) >= 11 is 0. The highest BCUT2D eigenvalue weighted by Crippen LogP contribution is 2.23. The number of hydrogen-bond donors (Lipinski definition) is 0. The van der Waals surface area contributed by atoms with Gasteiger partial charge in [-0.25, -0.2) is 12.8 Å². The fraction of sp³-hybridized carbons (Fsp3) is 0.250. The summed E-state index contributed by atoms with van der Waals surface area (Å²) in [5.74, 6) is -0.782. The van der Waals surface area contributed by atoms with Crippen LogP contribution in [-0.2, 0) is 22.5 Å². The molecule has 108 valence electrons. The summed E-state index contributed by atoms with van der Waals surface area (Å²) in [4.78, 5) is -0.295. The van der Waals surface area contributed by atoms with Crippen LogP contribution < -0.4 is 4.74 Å². The zero-order valence-electron chi connectivity index (χ0n) is 10.6. The van der Waals surface area contributed by atoms with Crippen molar-refractivity contribution in [3.8, 4) is 5.75 Å². The Bertz CT molecular complexity index is 715. The van der Waals surface area contributed by atoms with Crippen molar-refractivity contribution in [1.82, 2.24) is 9.78 Å². The zero-order chi connectivity index (χ0) is 14.8. The van der Waals surface area contributed by atoms with E-state index in [1.54, 1.807) is 17.9 Å². The minimum absolute atomic E-state index is 0.0158. The molecule has 0 bridgehead atoms. The van der Waals surface area contributed by atoms with E-state index in [0.29, 0.717) is 6.42 Å². The molecule has 5 nitrogen and oxygen atoms in total. The van der Waals surface area contributed by atoms with E-state index in [4.69, 9.17) is 15.4 Å². The Balaban J connectivity index is 2.00. The number of nitrogens with zero attached hydrogens (tertiary/aromatic N) is 2. The monoisotopic (exact) mass is 318 g/mol. The quantitative estimate of drug-likeness (QED) is 0.792. The molecule has 1 heterocycles. The van der Waals surface area contributed by atoms with Crippen molar-refractivity contribution in [2.75, 3.05) is 6.61 Å². The molecular weight excluding hydrogens is 307 g/mol. The first-order valence-corrected chi connectivity index (χ1v) is 8.02. The lowest BCUT2D eigenvalue weighted by atomic mass is 10.3. The summed E-state index contributed by atoms with van der Waals surface area (Å²) in [6, 6.07) is 3.28. The van der Waals surface area contributed by atoms with E-state index in [1.807, 2.05) is 6.20 Å². The van der Waals surface area contributed by atoms with Gasteiger partial charge in [-0.05, 0) is 23.8 Å². The second-order valence-electron chi connectivity index (χ2n) is 4.15. The van der Waals surface area contributed by atoms with Crippen LogP contribution in [-0.4, -0.2) is 24.8 Å². The van der Waals surface area contributed by atoms with Crippen molar-refractivity contribution in [3.05, 3.63) is 42.0 Å². The molecular formula is C12H12ClFN2O3S. The lowest BCUT2D eigenvalue weighted by Gasteiger charge is -2.07. The highest BCUT2D eigenvalue weighted by molar-refractivity contribution is 8.13. The van der Waals surface area contributed by atoms with Gasteiger partial charge in [-0.2, -0.15) is 5.10 Å². The van der Waals surface area contributed by atoms with Gasteiger partial charge >= 0.3 is 0 Å². The molecule has 1 aromatic carbocycles. The summed E-state index contributed by atoms with van der Waals surface area (Å²) in [5.41, 5.74) is 0.966. The van der Waals surface area contributed by atoms with E-state index in [2.05, 4.69) is 5.10 Å². The van der Waals surface area contributed by atoms with E-state index in [0.717, 1.165) is 11.6 Å². The lowest BCUT2D eigenvalue weighted by molar-refractivity contribution is 0.305. The van der Waals surface area contributed by atoms with Crippen molar-refractivity contribution >= 4 is 19.7 Å². The molecule has 0 spiro atoms. The third-order valence-corrected chi connectivity index (χ3v) is 3.94. The average Bonchev–Trinajstić information content (AvgIpc) is 2.76. The van der Waals surface area contributed by atoms with Crippen LogP contribution >= 0.6 is 10.7 Å². The van der Waals surface area contributed by atoms with Gasteiger partial charge in [-0.3, -0.25) is 4.68 Å². The summed E-state index contributed by atoms with van der Waals surface area (Å²) < 4.78 is 42.7. The van der Waals surface area contributed by atoms with E-state index in [-0.39, 0.29) is 17.3 Å². The minimum Gasteiger partial charge on any atom is -0.490 e. The number of rotatable bonds is 5. The fourth-order valence-electron chi connectivity index (χ4n) is 1.63. The number of ether oxygens (including phenoxy) is 1. The first kappa shape index (κ1) is 14.8. The Labute approximate surface area is 120 Å². The molecule has 8 heteroatoms. The second-order valence-corrected chi connectivity index (χ2v) is 6.72. The van der Waals surface area contributed by atoms with Crippen LogP contribution in [0.15, 0.2) is 35.5 Å². The van der Waals surface area contributed by atoms with Crippen molar-refractivity contribution in [2.24, 2.45) is 7.05 Å². The van der Waals surface area contributed by atoms with E-state index in [1.165, 1.54) is 12.1 Å². The largest absolute Gasteiger partial charge is 0.490 e. The summed E-state index contributed by atoms with van der Waals surface area (Å²) in [7, 11) is 2.99. The Kier molecular flexibility index (Phi) is 4.29. The number of hydrogen-bond acceptors (Lipinski definition) is 4. The standard InChI is InChI=1S/C12H12ClFN2O3S/c1-16-8-9(7-15-16)4-5-19-12-3-2-10(6-11(12)14)20(13,17)18/h2-3,6-8H,4-5H2,1H3. The van der Waals surface area contributed by atoms with Crippen LogP contribution in [0.4, 0.5) is 4.39 Å². The van der Waals surface area contributed by atoms with Gasteiger partial charge in [0.2, 0.25) is 0 Å².